The summed E-state index contributed by atoms with van der Waals surface area (Å²) in [5.74, 6) is 0.123. The first-order valence-corrected chi connectivity index (χ1v) is 11.1. The van der Waals surface area contributed by atoms with Crippen molar-refractivity contribution in [1.82, 2.24) is 19.9 Å². The van der Waals surface area contributed by atoms with Crippen molar-refractivity contribution in [2.24, 2.45) is 5.73 Å². The molecule has 35 heavy (non-hydrogen) atoms. The molecule has 4 N–H and O–H groups in total. The Morgan fingerprint density at radius 1 is 1.06 bits per heavy atom. The van der Waals surface area contributed by atoms with Crippen LogP contribution in [0.15, 0.2) is 72.8 Å². The van der Waals surface area contributed by atoms with Gasteiger partial charge in [-0.25, -0.2) is 0 Å². The summed E-state index contributed by atoms with van der Waals surface area (Å²) in [4.78, 5) is 12.7. The monoisotopic (exact) mass is 475 g/mol. The summed E-state index contributed by atoms with van der Waals surface area (Å²) in [7, 11) is 0. The Kier molecular flexibility index (Phi) is 8.34. The van der Waals surface area contributed by atoms with Gasteiger partial charge in [-0.1, -0.05) is 68.1 Å². The highest BCUT2D eigenvalue weighted by atomic mass is 16.5. The number of aliphatic hydroxyl groups is 1. The van der Waals surface area contributed by atoms with Gasteiger partial charge >= 0.3 is 0 Å². The first kappa shape index (κ1) is 26.0. The van der Waals surface area contributed by atoms with Crippen molar-refractivity contribution < 1.29 is 14.6 Å². The van der Waals surface area contributed by atoms with Crippen LogP contribution in [0.1, 0.15) is 44.4 Å². The average molecular weight is 476 g/mol. The third-order valence-electron chi connectivity index (χ3n) is 5.54. The van der Waals surface area contributed by atoms with Crippen molar-refractivity contribution in [2.75, 3.05) is 6.61 Å². The van der Waals surface area contributed by atoms with Gasteiger partial charge in [0.15, 0.2) is 11.5 Å². The van der Waals surface area contributed by atoms with Gasteiger partial charge in [-0.05, 0) is 42.7 Å². The number of carbonyl (C=O) groups excluding carboxylic acids is 1. The predicted molar refractivity (Wildman–Crippen MR) is 136 cm³/mol. The molecule has 2 heterocycles. The molecule has 0 aliphatic rings. The lowest BCUT2D eigenvalue weighted by molar-refractivity contribution is -0.126. The number of pyridine rings is 1. The maximum atomic E-state index is 12.7. The molecule has 0 spiro atoms. The molecule has 0 bridgehead atoms. The van der Waals surface area contributed by atoms with Crippen molar-refractivity contribution in [3.05, 3.63) is 89.9 Å². The van der Waals surface area contributed by atoms with Gasteiger partial charge in [0, 0.05) is 0 Å². The molecular formula is C27H33N5O3. The van der Waals surface area contributed by atoms with Crippen LogP contribution in [0, 0.1) is 0 Å². The molecule has 0 saturated heterocycles. The Hall–Kier alpha value is -3.59. The number of ether oxygens (including phenoxy) is 1. The minimum Gasteiger partial charge on any atom is -0.390 e. The lowest BCUT2D eigenvalue weighted by Gasteiger charge is -2.24. The zero-order chi connectivity index (χ0) is 24.1. The highest BCUT2D eigenvalue weighted by Gasteiger charge is 2.28. The SMILES string of the molecule is C.CC(C)(N)C(=O)N[C@H](COCc1ccccc1-c1ccccc1)c1nnc2cccc(CO)n12. The number of hydrogen-bond donors (Lipinski definition) is 3. The van der Waals surface area contributed by atoms with Crippen LogP contribution in [0.5, 0.6) is 0 Å². The molecule has 1 atom stereocenters. The van der Waals surface area contributed by atoms with E-state index in [0.29, 0.717) is 23.8 Å². The first-order chi connectivity index (χ1) is 16.4. The maximum absolute atomic E-state index is 12.7. The number of nitrogens with zero attached hydrogens (tertiary/aromatic N) is 3. The van der Waals surface area contributed by atoms with Crippen LogP contribution >= 0.6 is 0 Å². The quantitative estimate of drug-likeness (QED) is 0.341. The number of benzene rings is 2. The van der Waals surface area contributed by atoms with Crippen LogP contribution in [-0.4, -0.2) is 37.8 Å². The second-order valence-corrected chi connectivity index (χ2v) is 8.71. The molecule has 0 fully saturated rings. The zero-order valence-electron chi connectivity index (χ0n) is 19.3. The molecule has 0 aliphatic heterocycles. The van der Waals surface area contributed by atoms with Crippen LogP contribution in [0.25, 0.3) is 16.8 Å². The standard InChI is InChI=1S/C26H29N5O3.CH4/c1-26(2,27)25(33)28-22(24-30-29-23-14-8-12-20(15-32)31(23)24)17-34-16-19-11-6-7-13-21(19)18-9-4-3-5-10-18;/h3-14,22,32H,15-17,27H2,1-2H3,(H,28,33);1H4/t22-;/m1./s1. The minimum atomic E-state index is -1.08. The van der Waals surface area contributed by atoms with Gasteiger partial charge in [0.25, 0.3) is 0 Å². The third-order valence-corrected chi connectivity index (χ3v) is 5.54. The van der Waals surface area contributed by atoms with E-state index in [0.717, 1.165) is 16.7 Å². The lowest BCUT2D eigenvalue weighted by Crippen LogP contribution is -2.51. The summed E-state index contributed by atoms with van der Waals surface area (Å²) in [6, 6.07) is 22.9. The number of fused-ring (bicyclic) bond motifs is 1. The Morgan fingerprint density at radius 2 is 1.77 bits per heavy atom. The summed E-state index contributed by atoms with van der Waals surface area (Å²) < 4.78 is 7.84. The zero-order valence-corrected chi connectivity index (χ0v) is 19.3. The molecular weight excluding hydrogens is 442 g/mol. The van der Waals surface area contributed by atoms with E-state index >= 15 is 0 Å². The van der Waals surface area contributed by atoms with Gasteiger partial charge in [-0.15, -0.1) is 10.2 Å². The second kappa shape index (κ2) is 11.2. The predicted octanol–water partition coefficient (Wildman–Crippen LogP) is 3.64. The molecule has 4 rings (SSSR count). The molecule has 8 heteroatoms. The summed E-state index contributed by atoms with van der Waals surface area (Å²) in [5, 5.41) is 21.3. The van der Waals surface area contributed by atoms with Crippen LogP contribution in [0.3, 0.4) is 0 Å². The van der Waals surface area contributed by atoms with Gasteiger partial charge in [0.2, 0.25) is 5.91 Å². The molecule has 2 aromatic heterocycles. The van der Waals surface area contributed by atoms with Crippen molar-refractivity contribution in [1.29, 1.82) is 0 Å². The Balaban J connectivity index is 0.00000342. The van der Waals surface area contributed by atoms with Crippen molar-refractivity contribution in [3.63, 3.8) is 0 Å². The second-order valence-electron chi connectivity index (χ2n) is 8.71. The van der Waals surface area contributed by atoms with E-state index in [1.165, 1.54) is 0 Å². The number of nitrogens with two attached hydrogens (primary N) is 1. The topological polar surface area (TPSA) is 115 Å². The lowest BCUT2D eigenvalue weighted by atomic mass is 10.0. The fourth-order valence-electron chi connectivity index (χ4n) is 3.74. The third kappa shape index (κ3) is 5.92. The molecule has 0 unspecified atom stereocenters. The largest absolute Gasteiger partial charge is 0.390 e. The van der Waals surface area contributed by atoms with Crippen LogP contribution in [-0.2, 0) is 22.7 Å². The number of hydrogen-bond acceptors (Lipinski definition) is 6. The fourth-order valence-corrected chi connectivity index (χ4v) is 3.74. The van der Waals surface area contributed by atoms with E-state index < -0.39 is 11.6 Å². The summed E-state index contributed by atoms with van der Waals surface area (Å²) in [6.07, 6.45) is 0. The van der Waals surface area contributed by atoms with Gasteiger partial charge in [0.05, 0.1) is 31.1 Å². The Labute approximate surface area is 205 Å². The number of amides is 1. The summed E-state index contributed by atoms with van der Waals surface area (Å²) in [5.41, 5.74) is 9.33. The average Bonchev–Trinajstić information content (AvgIpc) is 3.28. The van der Waals surface area contributed by atoms with Gasteiger partial charge < -0.3 is 20.9 Å². The molecule has 4 aromatic rings. The van der Waals surface area contributed by atoms with Gasteiger partial charge in [-0.3, -0.25) is 9.20 Å². The Morgan fingerprint density at radius 3 is 2.49 bits per heavy atom. The van der Waals surface area contributed by atoms with Crippen molar-refractivity contribution >= 4 is 11.6 Å². The molecule has 184 valence electrons. The molecule has 2 aromatic carbocycles. The first-order valence-electron chi connectivity index (χ1n) is 11.1. The number of carbonyl (C=O) groups is 1. The Bertz CT molecular complexity index is 1260. The minimum absolute atomic E-state index is 0. The summed E-state index contributed by atoms with van der Waals surface area (Å²) >= 11 is 0. The number of nitrogens with one attached hydrogen (secondary N) is 1. The molecule has 1 amide bonds. The highest BCUT2D eigenvalue weighted by Crippen LogP contribution is 2.25. The highest BCUT2D eigenvalue weighted by molar-refractivity contribution is 5.85. The number of aliphatic hydroxyl groups excluding tert-OH is 1. The van der Waals surface area contributed by atoms with Crippen molar-refractivity contribution in [2.45, 2.75) is 46.1 Å². The van der Waals surface area contributed by atoms with E-state index in [9.17, 15) is 9.90 Å². The molecule has 0 radical (unpaired) electrons. The number of aromatic nitrogens is 3. The molecule has 8 nitrogen and oxygen atoms in total. The number of rotatable bonds is 9. The van der Waals surface area contributed by atoms with Crippen LogP contribution in [0.2, 0.25) is 0 Å². The molecule has 0 saturated carbocycles. The molecule has 0 aliphatic carbocycles. The smallest absolute Gasteiger partial charge is 0.240 e. The van der Waals surface area contributed by atoms with Gasteiger partial charge in [0.1, 0.15) is 6.04 Å². The summed E-state index contributed by atoms with van der Waals surface area (Å²) in [6.45, 7) is 3.56. The van der Waals surface area contributed by atoms with Crippen molar-refractivity contribution in [3.8, 4) is 11.1 Å². The van der Waals surface area contributed by atoms with Gasteiger partial charge in [-0.2, -0.15) is 0 Å². The van der Waals surface area contributed by atoms with E-state index in [-0.39, 0.29) is 26.5 Å². The maximum Gasteiger partial charge on any atom is 0.240 e. The normalized spacial score (nSPS) is 12.2. The van der Waals surface area contributed by atoms with E-state index in [1.54, 1.807) is 36.4 Å². The van der Waals surface area contributed by atoms with E-state index in [2.05, 4.69) is 33.7 Å². The fraction of sp³-hybridized carbons (Fsp3) is 0.296. The van der Waals surface area contributed by atoms with E-state index in [4.69, 9.17) is 10.5 Å². The van der Waals surface area contributed by atoms with E-state index in [1.807, 2.05) is 36.4 Å². The van der Waals surface area contributed by atoms with Crippen LogP contribution < -0.4 is 11.1 Å². The van der Waals surface area contributed by atoms with Crippen LogP contribution in [0.4, 0.5) is 0 Å².